The zero-order valence-corrected chi connectivity index (χ0v) is 12.5. The van der Waals surface area contributed by atoms with Gasteiger partial charge in [0.15, 0.2) is 9.84 Å². The van der Waals surface area contributed by atoms with Crippen LogP contribution >= 0.6 is 38.5 Å². The van der Waals surface area contributed by atoms with E-state index in [2.05, 4.69) is 15.9 Å². The molecule has 0 bridgehead atoms. The number of hydrogen-bond acceptors (Lipinski definition) is 3. The molecule has 0 spiro atoms. The number of aliphatic hydroxyl groups excluding tert-OH is 1. The first-order valence-electron chi connectivity index (χ1n) is 4.09. The van der Waals surface area contributed by atoms with Gasteiger partial charge in [-0.25, -0.2) is 8.42 Å². The molecule has 0 heterocycles. The molecule has 0 aliphatic rings. The van der Waals surface area contributed by atoms with Gasteiger partial charge in [0.1, 0.15) is 9.36 Å². The van der Waals surface area contributed by atoms with Crippen LogP contribution in [0, 0.1) is 0 Å². The Hall–Kier alpha value is 0.340. The van der Waals surface area contributed by atoms with Crippen LogP contribution in [0.1, 0.15) is 11.7 Å². The van der Waals surface area contributed by atoms with Gasteiger partial charge in [0.05, 0.1) is 0 Å². The summed E-state index contributed by atoms with van der Waals surface area (Å²) in [4.78, 5) is 0. The highest BCUT2D eigenvalue weighted by Gasteiger charge is 2.26. The van der Waals surface area contributed by atoms with E-state index in [0.29, 0.717) is 5.56 Å². The van der Waals surface area contributed by atoms with E-state index in [1.807, 2.05) is 0 Å². The van der Waals surface area contributed by atoms with Crippen LogP contribution in [0.25, 0.3) is 0 Å². The quantitative estimate of drug-likeness (QED) is 0.621. The molecule has 3 nitrogen and oxygen atoms in total. The van der Waals surface area contributed by atoms with E-state index in [0.717, 1.165) is 10.7 Å². The zero-order chi connectivity index (χ0) is 11.6. The molecule has 0 aliphatic heterocycles. The molecule has 0 saturated carbocycles. The molecule has 1 rings (SSSR count). The van der Waals surface area contributed by atoms with Crippen LogP contribution in [-0.4, -0.2) is 23.0 Å². The minimum Gasteiger partial charge on any atom is -0.386 e. The highest BCUT2D eigenvalue weighted by molar-refractivity contribution is 14.1. The molecule has 15 heavy (non-hydrogen) atoms. The van der Waals surface area contributed by atoms with Crippen molar-refractivity contribution in [3.05, 3.63) is 34.3 Å². The summed E-state index contributed by atoms with van der Waals surface area (Å²) < 4.78 is 22.5. The lowest BCUT2D eigenvalue weighted by Gasteiger charge is -2.15. The van der Waals surface area contributed by atoms with Crippen molar-refractivity contribution in [3.63, 3.8) is 0 Å². The summed E-state index contributed by atoms with van der Waals surface area (Å²) in [7, 11) is -3.24. The molecule has 0 saturated heterocycles. The average Bonchev–Trinajstić information content (AvgIpc) is 2.15. The van der Waals surface area contributed by atoms with Gasteiger partial charge in [0.25, 0.3) is 0 Å². The number of halogens is 2. The first kappa shape index (κ1) is 13.4. The SMILES string of the molecule is CS(=O)(=O)[C@@H](I)[C@H](O)c1ccc(Br)cc1. The standard InChI is InChI=1S/C9H10BrIO3S/c1-15(13,14)9(11)8(12)6-2-4-7(10)5-3-6/h2-5,8-9,12H,1H3/t8-,9-/m1/s1. The smallest absolute Gasteiger partial charge is 0.162 e. The van der Waals surface area contributed by atoms with Gasteiger partial charge < -0.3 is 5.11 Å². The molecule has 0 radical (unpaired) electrons. The van der Waals surface area contributed by atoms with Crippen LogP contribution in [0.15, 0.2) is 28.7 Å². The molecule has 0 fully saturated rings. The second-order valence-corrected chi connectivity index (χ2v) is 8.45. The van der Waals surface area contributed by atoms with E-state index in [1.54, 1.807) is 46.9 Å². The third-order valence-electron chi connectivity index (χ3n) is 1.87. The molecule has 1 aromatic rings. The van der Waals surface area contributed by atoms with Crippen molar-refractivity contribution < 1.29 is 13.5 Å². The number of sulfone groups is 1. The Morgan fingerprint density at radius 3 is 2.20 bits per heavy atom. The van der Waals surface area contributed by atoms with E-state index in [-0.39, 0.29) is 0 Å². The van der Waals surface area contributed by atoms with Crippen molar-refractivity contribution in [2.75, 3.05) is 6.26 Å². The lowest BCUT2D eigenvalue weighted by Crippen LogP contribution is -2.21. The zero-order valence-electron chi connectivity index (χ0n) is 7.89. The van der Waals surface area contributed by atoms with Crippen molar-refractivity contribution >= 4 is 48.4 Å². The van der Waals surface area contributed by atoms with Crippen molar-refractivity contribution in [1.82, 2.24) is 0 Å². The molecule has 0 aliphatic carbocycles. The van der Waals surface area contributed by atoms with Crippen LogP contribution < -0.4 is 0 Å². The number of benzene rings is 1. The first-order chi connectivity index (χ1) is 6.82. The largest absolute Gasteiger partial charge is 0.386 e. The van der Waals surface area contributed by atoms with E-state index < -0.39 is 19.2 Å². The van der Waals surface area contributed by atoms with E-state index >= 15 is 0 Å². The molecule has 1 N–H and O–H groups in total. The molecule has 0 unspecified atom stereocenters. The van der Waals surface area contributed by atoms with E-state index in [4.69, 9.17) is 0 Å². The summed E-state index contributed by atoms with van der Waals surface area (Å²) in [5, 5.41) is 9.81. The van der Waals surface area contributed by atoms with Crippen LogP contribution in [0.2, 0.25) is 0 Å². The second-order valence-electron chi connectivity index (χ2n) is 3.18. The summed E-state index contributed by atoms with van der Waals surface area (Å²) in [6.07, 6.45) is 0.125. The summed E-state index contributed by atoms with van der Waals surface area (Å²) in [6.45, 7) is 0. The first-order valence-corrected chi connectivity index (χ1v) is 8.08. The second kappa shape index (κ2) is 5.11. The Bertz CT molecular complexity index is 429. The van der Waals surface area contributed by atoms with Crippen molar-refractivity contribution in [3.8, 4) is 0 Å². The number of aliphatic hydroxyl groups is 1. The van der Waals surface area contributed by atoms with Crippen molar-refractivity contribution in [1.29, 1.82) is 0 Å². The maximum absolute atomic E-state index is 11.2. The minimum atomic E-state index is -3.24. The number of rotatable bonds is 3. The topological polar surface area (TPSA) is 54.4 Å². The van der Waals surface area contributed by atoms with Gasteiger partial charge in [-0.15, -0.1) is 0 Å². The van der Waals surface area contributed by atoms with E-state index in [1.165, 1.54) is 0 Å². The van der Waals surface area contributed by atoms with Gasteiger partial charge in [0, 0.05) is 10.7 Å². The molecule has 6 heteroatoms. The third-order valence-corrected chi connectivity index (χ3v) is 6.93. The summed E-state index contributed by atoms with van der Waals surface area (Å²) in [5.41, 5.74) is 0.600. The Labute approximate surface area is 111 Å². The minimum absolute atomic E-state index is 0.600. The molecule has 0 aromatic heterocycles. The fourth-order valence-corrected chi connectivity index (χ4v) is 2.35. The predicted octanol–water partition coefficient (Wildman–Crippen LogP) is 2.29. The normalized spacial score (nSPS) is 16.0. The Kier molecular flexibility index (Phi) is 4.57. The fourth-order valence-electron chi connectivity index (χ4n) is 1.05. The Morgan fingerprint density at radius 1 is 1.33 bits per heavy atom. The van der Waals surface area contributed by atoms with Crippen LogP contribution in [0.5, 0.6) is 0 Å². The maximum Gasteiger partial charge on any atom is 0.162 e. The van der Waals surface area contributed by atoms with Gasteiger partial charge in [0.2, 0.25) is 0 Å². The van der Waals surface area contributed by atoms with Gasteiger partial charge in [-0.1, -0.05) is 50.7 Å². The lowest BCUT2D eigenvalue weighted by molar-refractivity contribution is 0.197. The third kappa shape index (κ3) is 3.69. The lowest BCUT2D eigenvalue weighted by atomic mass is 10.1. The molecule has 0 amide bonds. The molecular weight excluding hydrogens is 395 g/mol. The Balaban J connectivity index is 2.95. The molecular formula is C9H10BrIO3S. The fraction of sp³-hybridized carbons (Fsp3) is 0.333. The number of alkyl halides is 1. The van der Waals surface area contributed by atoms with Crippen molar-refractivity contribution in [2.24, 2.45) is 0 Å². The monoisotopic (exact) mass is 404 g/mol. The van der Waals surface area contributed by atoms with Crippen LogP contribution in [0.3, 0.4) is 0 Å². The van der Waals surface area contributed by atoms with E-state index in [9.17, 15) is 13.5 Å². The summed E-state index contributed by atoms with van der Waals surface area (Å²) in [6, 6.07) is 6.94. The van der Waals surface area contributed by atoms with Crippen LogP contribution in [-0.2, 0) is 9.84 Å². The number of hydrogen-bond donors (Lipinski definition) is 1. The highest BCUT2D eigenvalue weighted by atomic mass is 127. The highest BCUT2D eigenvalue weighted by Crippen LogP contribution is 2.27. The molecule has 84 valence electrons. The summed E-state index contributed by atoms with van der Waals surface area (Å²) >= 11 is 5.01. The molecule has 1 aromatic carbocycles. The maximum atomic E-state index is 11.2. The summed E-state index contributed by atoms with van der Waals surface area (Å²) in [5.74, 6) is 0. The Morgan fingerprint density at radius 2 is 1.80 bits per heavy atom. The predicted molar refractivity (Wildman–Crippen MR) is 71.8 cm³/mol. The van der Waals surface area contributed by atoms with Gasteiger partial charge >= 0.3 is 0 Å². The van der Waals surface area contributed by atoms with Gasteiger partial charge in [-0.2, -0.15) is 0 Å². The molecule has 2 atom stereocenters. The average molecular weight is 405 g/mol. The van der Waals surface area contributed by atoms with Crippen molar-refractivity contribution in [2.45, 2.75) is 9.36 Å². The van der Waals surface area contributed by atoms with Gasteiger partial charge in [-0.3, -0.25) is 0 Å². The van der Waals surface area contributed by atoms with Gasteiger partial charge in [-0.05, 0) is 17.7 Å². The van der Waals surface area contributed by atoms with Crippen LogP contribution in [0.4, 0.5) is 0 Å².